The number of piperazine rings is 1. The summed E-state index contributed by atoms with van der Waals surface area (Å²) in [7, 11) is 0. The second kappa shape index (κ2) is 7.90. The van der Waals surface area contributed by atoms with Crippen molar-refractivity contribution in [3.8, 4) is 5.75 Å². The second-order valence-corrected chi connectivity index (χ2v) is 6.22. The van der Waals surface area contributed by atoms with Gasteiger partial charge >= 0.3 is 6.18 Å². The average Bonchev–Trinajstić information content (AvgIpc) is 2.68. The first-order valence-corrected chi connectivity index (χ1v) is 8.84. The number of nitrogens with zero attached hydrogens (tertiary/aromatic N) is 2. The van der Waals surface area contributed by atoms with Crippen LogP contribution < -0.4 is 9.64 Å². The van der Waals surface area contributed by atoms with Gasteiger partial charge in [0.25, 0.3) is 5.91 Å². The molecule has 4 nitrogen and oxygen atoms in total. The highest BCUT2D eigenvalue weighted by molar-refractivity contribution is 5.96. The molecule has 1 fully saturated rings. The lowest BCUT2D eigenvalue weighted by molar-refractivity contribution is -0.138. The highest BCUT2D eigenvalue weighted by Gasteiger charge is 2.36. The molecule has 0 spiro atoms. The fraction of sp³-hybridized carbons (Fsp3) is 0.350. The zero-order valence-electron chi connectivity index (χ0n) is 15.0. The van der Waals surface area contributed by atoms with E-state index >= 15 is 0 Å². The van der Waals surface area contributed by atoms with E-state index in [0.717, 1.165) is 17.5 Å². The fourth-order valence-electron chi connectivity index (χ4n) is 3.23. The van der Waals surface area contributed by atoms with Gasteiger partial charge in [-0.1, -0.05) is 24.3 Å². The number of ether oxygens (including phenoxy) is 1. The van der Waals surface area contributed by atoms with E-state index in [4.69, 9.17) is 4.74 Å². The largest absolute Gasteiger partial charge is 0.492 e. The molecule has 0 unspecified atom stereocenters. The molecule has 2 aromatic carbocycles. The van der Waals surface area contributed by atoms with Gasteiger partial charge in [-0.3, -0.25) is 4.79 Å². The van der Waals surface area contributed by atoms with Crippen LogP contribution in [0.1, 0.15) is 22.8 Å². The van der Waals surface area contributed by atoms with Gasteiger partial charge in [0.15, 0.2) is 0 Å². The van der Waals surface area contributed by atoms with Gasteiger partial charge in [-0.05, 0) is 31.2 Å². The van der Waals surface area contributed by atoms with Crippen molar-refractivity contribution in [3.05, 3.63) is 59.7 Å². The minimum absolute atomic E-state index is 0.298. The Morgan fingerprint density at radius 1 is 1.00 bits per heavy atom. The molecule has 144 valence electrons. The summed E-state index contributed by atoms with van der Waals surface area (Å²) >= 11 is 0. The summed E-state index contributed by atoms with van der Waals surface area (Å²) in [6, 6.07) is 12.6. The van der Waals surface area contributed by atoms with Crippen LogP contribution in [0.25, 0.3) is 0 Å². The van der Waals surface area contributed by atoms with E-state index in [0.29, 0.717) is 32.8 Å². The molecule has 1 aliphatic rings. The number of alkyl halides is 3. The third-order valence-electron chi connectivity index (χ3n) is 4.54. The van der Waals surface area contributed by atoms with Crippen LogP contribution in [-0.2, 0) is 6.18 Å². The number of hydrogen-bond acceptors (Lipinski definition) is 3. The molecular weight excluding hydrogens is 357 g/mol. The minimum atomic E-state index is -4.55. The van der Waals surface area contributed by atoms with Crippen molar-refractivity contribution >= 4 is 11.6 Å². The molecule has 0 aliphatic carbocycles. The fourth-order valence-corrected chi connectivity index (χ4v) is 3.23. The van der Waals surface area contributed by atoms with Gasteiger partial charge in [-0.15, -0.1) is 0 Å². The Morgan fingerprint density at radius 2 is 1.63 bits per heavy atom. The topological polar surface area (TPSA) is 32.8 Å². The van der Waals surface area contributed by atoms with Crippen molar-refractivity contribution in [2.75, 3.05) is 37.7 Å². The third kappa shape index (κ3) is 4.18. The highest BCUT2D eigenvalue weighted by atomic mass is 19.4. The average molecular weight is 378 g/mol. The number of carbonyl (C=O) groups is 1. The Morgan fingerprint density at radius 3 is 2.30 bits per heavy atom. The smallest absolute Gasteiger partial charge is 0.417 e. The quantitative estimate of drug-likeness (QED) is 0.804. The third-order valence-corrected chi connectivity index (χ3v) is 4.54. The molecule has 0 bridgehead atoms. The molecule has 1 aliphatic heterocycles. The summed E-state index contributed by atoms with van der Waals surface area (Å²) in [5.41, 5.74) is -0.255. The summed E-state index contributed by atoms with van der Waals surface area (Å²) in [5, 5.41) is 0. The van der Waals surface area contributed by atoms with Gasteiger partial charge in [-0.25, -0.2) is 0 Å². The predicted molar refractivity (Wildman–Crippen MR) is 97.2 cm³/mol. The maximum absolute atomic E-state index is 13.2. The van der Waals surface area contributed by atoms with Crippen molar-refractivity contribution < 1.29 is 22.7 Å². The molecule has 7 heteroatoms. The predicted octanol–water partition coefficient (Wildman–Crippen LogP) is 4.07. The maximum Gasteiger partial charge on any atom is 0.417 e. The number of hydrogen-bond donors (Lipinski definition) is 0. The Hall–Kier alpha value is -2.70. The highest BCUT2D eigenvalue weighted by Crippen LogP contribution is 2.33. The zero-order valence-corrected chi connectivity index (χ0v) is 15.0. The normalized spacial score (nSPS) is 15.0. The van der Waals surface area contributed by atoms with Crippen LogP contribution in [0.5, 0.6) is 5.75 Å². The lowest BCUT2D eigenvalue weighted by Gasteiger charge is -2.37. The maximum atomic E-state index is 13.2. The molecule has 0 saturated carbocycles. The molecule has 1 heterocycles. The lowest BCUT2D eigenvalue weighted by Crippen LogP contribution is -2.49. The minimum Gasteiger partial charge on any atom is -0.492 e. The number of carbonyl (C=O) groups excluding carboxylic acids is 1. The van der Waals surface area contributed by atoms with Crippen molar-refractivity contribution in [2.24, 2.45) is 0 Å². The number of amides is 1. The number of anilines is 1. The van der Waals surface area contributed by atoms with Gasteiger partial charge in [0, 0.05) is 26.2 Å². The Balaban J connectivity index is 1.73. The van der Waals surface area contributed by atoms with E-state index in [1.807, 2.05) is 31.2 Å². The first kappa shape index (κ1) is 19.1. The van der Waals surface area contributed by atoms with Crippen LogP contribution in [0.4, 0.5) is 18.9 Å². The van der Waals surface area contributed by atoms with Crippen molar-refractivity contribution in [3.63, 3.8) is 0 Å². The van der Waals surface area contributed by atoms with Gasteiger partial charge in [0.2, 0.25) is 0 Å². The summed E-state index contributed by atoms with van der Waals surface area (Å²) in [5.74, 6) is 0.183. The van der Waals surface area contributed by atoms with E-state index in [1.165, 1.54) is 23.1 Å². The molecule has 0 atom stereocenters. The lowest BCUT2D eigenvalue weighted by atomic mass is 10.1. The number of rotatable bonds is 4. The van der Waals surface area contributed by atoms with Gasteiger partial charge in [0.1, 0.15) is 5.75 Å². The molecular formula is C20H21F3N2O2. The molecule has 0 aromatic heterocycles. The van der Waals surface area contributed by atoms with E-state index in [2.05, 4.69) is 4.90 Å². The van der Waals surface area contributed by atoms with Crippen LogP contribution in [0.3, 0.4) is 0 Å². The summed E-state index contributed by atoms with van der Waals surface area (Å²) in [6.45, 7) is 4.22. The molecule has 2 aromatic rings. The SMILES string of the molecule is CCOc1ccccc1N1CCN(C(=O)c2ccccc2C(F)(F)F)CC1. The van der Waals surface area contributed by atoms with Crippen molar-refractivity contribution in [1.29, 1.82) is 0 Å². The van der Waals surface area contributed by atoms with E-state index < -0.39 is 17.6 Å². The molecule has 1 amide bonds. The Kier molecular flexibility index (Phi) is 5.58. The van der Waals surface area contributed by atoms with E-state index in [9.17, 15) is 18.0 Å². The summed E-state index contributed by atoms with van der Waals surface area (Å²) in [6.07, 6.45) is -4.55. The molecule has 3 rings (SSSR count). The van der Waals surface area contributed by atoms with E-state index in [-0.39, 0.29) is 5.56 Å². The van der Waals surface area contributed by atoms with E-state index in [1.54, 1.807) is 0 Å². The number of halogens is 3. The van der Waals surface area contributed by atoms with Crippen LogP contribution in [0.2, 0.25) is 0 Å². The molecule has 1 saturated heterocycles. The molecule has 27 heavy (non-hydrogen) atoms. The monoisotopic (exact) mass is 378 g/mol. The standard InChI is InChI=1S/C20H21F3N2O2/c1-2-27-18-10-6-5-9-17(18)24-11-13-25(14-12-24)19(26)15-7-3-4-8-16(15)20(21,22)23/h3-10H,2,11-14H2,1H3. The number of benzene rings is 2. The number of para-hydroxylation sites is 2. The Labute approximate surface area is 156 Å². The zero-order chi connectivity index (χ0) is 19.4. The molecule has 0 N–H and O–H groups in total. The van der Waals surface area contributed by atoms with Crippen LogP contribution in [-0.4, -0.2) is 43.6 Å². The molecule has 0 radical (unpaired) electrons. The summed E-state index contributed by atoms with van der Waals surface area (Å²) < 4.78 is 45.2. The van der Waals surface area contributed by atoms with Crippen LogP contribution in [0.15, 0.2) is 48.5 Å². The first-order valence-electron chi connectivity index (χ1n) is 8.84. The van der Waals surface area contributed by atoms with Gasteiger partial charge in [0.05, 0.1) is 23.4 Å². The second-order valence-electron chi connectivity index (χ2n) is 6.22. The van der Waals surface area contributed by atoms with Gasteiger partial charge in [-0.2, -0.15) is 13.2 Å². The van der Waals surface area contributed by atoms with Gasteiger partial charge < -0.3 is 14.5 Å². The Bertz CT molecular complexity index is 800. The van der Waals surface area contributed by atoms with Crippen molar-refractivity contribution in [1.82, 2.24) is 4.90 Å². The first-order chi connectivity index (χ1) is 12.9. The van der Waals surface area contributed by atoms with Crippen LogP contribution in [0, 0.1) is 0 Å². The van der Waals surface area contributed by atoms with Crippen molar-refractivity contribution in [2.45, 2.75) is 13.1 Å². The summed E-state index contributed by atoms with van der Waals surface area (Å²) in [4.78, 5) is 16.2. The van der Waals surface area contributed by atoms with Crippen LogP contribution >= 0.6 is 0 Å².